The highest BCUT2D eigenvalue weighted by Gasteiger charge is 2.22. The molecule has 1 aliphatic rings. The Labute approximate surface area is 149 Å². The molecule has 25 heavy (non-hydrogen) atoms. The number of benzene rings is 1. The van der Waals surface area contributed by atoms with E-state index in [9.17, 15) is 4.79 Å². The van der Waals surface area contributed by atoms with Gasteiger partial charge < -0.3 is 10.2 Å². The molecule has 0 saturated carbocycles. The van der Waals surface area contributed by atoms with Crippen molar-refractivity contribution in [2.45, 2.75) is 52.1 Å². The molecule has 132 valence electrons. The second-order valence-corrected chi connectivity index (χ2v) is 6.62. The lowest BCUT2D eigenvalue weighted by Gasteiger charge is -2.35. The van der Waals surface area contributed by atoms with Crippen LogP contribution in [-0.4, -0.2) is 28.5 Å². The number of nitrogens with zero attached hydrogens (tertiary/aromatic N) is 3. The molecule has 0 bridgehead atoms. The van der Waals surface area contributed by atoms with E-state index in [2.05, 4.69) is 27.1 Å². The fourth-order valence-electron chi connectivity index (χ4n) is 3.39. The predicted molar refractivity (Wildman–Crippen MR) is 99.7 cm³/mol. The van der Waals surface area contributed by atoms with Crippen molar-refractivity contribution >= 4 is 11.7 Å². The molecule has 1 amide bonds. The van der Waals surface area contributed by atoms with E-state index < -0.39 is 0 Å². The summed E-state index contributed by atoms with van der Waals surface area (Å²) >= 11 is 0. The normalized spacial score (nSPS) is 17.4. The number of amides is 1. The first-order chi connectivity index (χ1) is 12.2. The molecule has 1 N–H and O–H groups in total. The summed E-state index contributed by atoms with van der Waals surface area (Å²) in [6.45, 7) is 5.77. The zero-order chi connectivity index (χ0) is 17.6. The maximum absolute atomic E-state index is 12.3. The third-order valence-electron chi connectivity index (χ3n) is 4.96. The van der Waals surface area contributed by atoms with Crippen LogP contribution in [0.3, 0.4) is 0 Å². The number of hydrogen-bond donors (Lipinski definition) is 1. The minimum absolute atomic E-state index is 0.187. The molecule has 1 atom stereocenters. The topological polar surface area (TPSA) is 58.1 Å². The van der Waals surface area contributed by atoms with Crippen LogP contribution in [0.15, 0.2) is 36.7 Å². The first-order valence-electron chi connectivity index (χ1n) is 9.10. The monoisotopic (exact) mass is 338 g/mol. The van der Waals surface area contributed by atoms with Crippen LogP contribution in [0.2, 0.25) is 0 Å². The predicted octanol–water partition coefficient (Wildman–Crippen LogP) is 3.48. The molecule has 0 spiro atoms. The van der Waals surface area contributed by atoms with Gasteiger partial charge in [0.05, 0.1) is 12.4 Å². The Bertz CT molecular complexity index is 714. The fourth-order valence-corrected chi connectivity index (χ4v) is 3.39. The first-order valence-corrected chi connectivity index (χ1v) is 9.10. The van der Waals surface area contributed by atoms with E-state index in [4.69, 9.17) is 0 Å². The zero-order valence-electron chi connectivity index (χ0n) is 15.0. The highest BCUT2D eigenvalue weighted by Crippen LogP contribution is 2.24. The highest BCUT2D eigenvalue weighted by atomic mass is 16.1. The van der Waals surface area contributed by atoms with Gasteiger partial charge in [0.15, 0.2) is 0 Å². The summed E-state index contributed by atoms with van der Waals surface area (Å²) < 4.78 is 0. The Morgan fingerprint density at radius 1 is 1.24 bits per heavy atom. The Balaban J connectivity index is 1.63. The van der Waals surface area contributed by atoms with E-state index in [0.717, 1.165) is 24.3 Å². The van der Waals surface area contributed by atoms with Crippen LogP contribution in [-0.2, 0) is 6.54 Å². The van der Waals surface area contributed by atoms with Gasteiger partial charge in [-0.2, -0.15) is 0 Å². The van der Waals surface area contributed by atoms with Crippen LogP contribution < -0.4 is 10.2 Å². The summed E-state index contributed by atoms with van der Waals surface area (Å²) in [6.07, 6.45) is 8.11. The molecule has 2 heterocycles. The van der Waals surface area contributed by atoms with E-state index in [1.807, 2.05) is 31.2 Å². The molecule has 1 unspecified atom stereocenters. The van der Waals surface area contributed by atoms with Gasteiger partial charge in [0.1, 0.15) is 11.5 Å². The smallest absolute Gasteiger partial charge is 0.271 e. The largest absolute Gasteiger partial charge is 0.352 e. The van der Waals surface area contributed by atoms with Gasteiger partial charge in [-0.05, 0) is 43.7 Å². The fraction of sp³-hybridized carbons (Fsp3) is 0.450. The van der Waals surface area contributed by atoms with Crippen LogP contribution in [0.4, 0.5) is 5.82 Å². The highest BCUT2D eigenvalue weighted by molar-refractivity contribution is 5.92. The van der Waals surface area contributed by atoms with Crippen LogP contribution in [0.5, 0.6) is 0 Å². The molecule has 1 aromatic heterocycles. The molecule has 1 fully saturated rings. The quantitative estimate of drug-likeness (QED) is 0.907. The van der Waals surface area contributed by atoms with Crippen molar-refractivity contribution in [1.29, 1.82) is 0 Å². The third-order valence-corrected chi connectivity index (χ3v) is 4.96. The SMILES string of the molecule is CCC1CCCCN1c1cnc(C(=O)NCc2ccccc2C)cn1. The van der Waals surface area contributed by atoms with E-state index >= 15 is 0 Å². The van der Waals surface area contributed by atoms with Crippen molar-refractivity contribution in [3.63, 3.8) is 0 Å². The average molecular weight is 338 g/mol. The molecule has 3 rings (SSSR count). The summed E-state index contributed by atoms with van der Waals surface area (Å²) in [5, 5.41) is 2.92. The van der Waals surface area contributed by atoms with Crippen LogP contribution >= 0.6 is 0 Å². The molecular formula is C20H26N4O. The Morgan fingerprint density at radius 2 is 2.08 bits per heavy atom. The van der Waals surface area contributed by atoms with Gasteiger partial charge in [0.2, 0.25) is 0 Å². The summed E-state index contributed by atoms with van der Waals surface area (Å²) in [5.74, 6) is 0.690. The molecule has 5 nitrogen and oxygen atoms in total. The molecule has 1 aromatic carbocycles. The molecule has 5 heteroatoms. The Morgan fingerprint density at radius 3 is 2.80 bits per heavy atom. The van der Waals surface area contributed by atoms with Crippen LogP contribution in [0.1, 0.15) is 54.2 Å². The lowest BCUT2D eigenvalue weighted by atomic mass is 10.0. The minimum atomic E-state index is -0.187. The van der Waals surface area contributed by atoms with Crippen molar-refractivity contribution in [3.8, 4) is 0 Å². The Kier molecular flexibility index (Phi) is 5.64. The number of aromatic nitrogens is 2. The number of carbonyl (C=O) groups excluding carboxylic acids is 1. The van der Waals surface area contributed by atoms with Gasteiger partial charge in [-0.1, -0.05) is 31.2 Å². The summed E-state index contributed by atoms with van der Waals surface area (Å²) in [7, 11) is 0. The standard InChI is InChI=1S/C20H26N4O/c1-3-17-10-6-7-11-24(17)19-14-21-18(13-22-19)20(25)23-12-16-9-5-4-8-15(16)2/h4-5,8-9,13-14,17H,3,6-7,10-12H2,1-2H3,(H,23,25). The average Bonchev–Trinajstić information content (AvgIpc) is 2.67. The van der Waals surface area contributed by atoms with Gasteiger partial charge in [-0.3, -0.25) is 4.79 Å². The molecular weight excluding hydrogens is 312 g/mol. The second-order valence-electron chi connectivity index (χ2n) is 6.62. The molecule has 0 radical (unpaired) electrons. The number of aryl methyl sites for hydroxylation is 1. The van der Waals surface area contributed by atoms with Crippen molar-refractivity contribution in [2.24, 2.45) is 0 Å². The summed E-state index contributed by atoms with van der Waals surface area (Å²) in [4.78, 5) is 23.5. The van der Waals surface area contributed by atoms with Gasteiger partial charge in [-0.25, -0.2) is 9.97 Å². The number of nitrogens with one attached hydrogen (secondary N) is 1. The van der Waals surface area contributed by atoms with Crippen LogP contribution in [0.25, 0.3) is 0 Å². The molecule has 2 aromatic rings. The summed E-state index contributed by atoms with van der Waals surface area (Å²) in [5.41, 5.74) is 2.64. The summed E-state index contributed by atoms with van der Waals surface area (Å²) in [6, 6.07) is 8.56. The van der Waals surface area contributed by atoms with Gasteiger partial charge in [0.25, 0.3) is 5.91 Å². The van der Waals surface area contributed by atoms with E-state index in [1.165, 1.54) is 24.8 Å². The van der Waals surface area contributed by atoms with E-state index in [-0.39, 0.29) is 5.91 Å². The number of anilines is 1. The number of hydrogen-bond acceptors (Lipinski definition) is 4. The van der Waals surface area contributed by atoms with Gasteiger partial charge in [0, 0.05) is 19.1 Å². The number of carbonyl (C=O) groups is 1. The lowest BCUT2D eigenvalue weighted by molar-refractivity contribution is 0.0945. The number of piperidine rings is 1. The third kappa shape index (κ3) is 4.16. The maximum atomic E-state index is 12.3. The van der Waals surface area contributed by atoms with Gasteiger partial charge in [-0.15, -0.1) is 0 Å². The van der Waals surface area contributed by atoms with Crippen molar-refractivity contribution in [2.75, 3.05) is 11.4 Å². The molecule has 0 aliphatic carbocycles. The first kappa shape index (κ1) is 17.4. The van der Waals surface area contributed by atoms with Crippen molar-refractivity contribution in [3.05, 3.63) is 53.5 Å². The zero-order valence-corrected chi connectivity index (χ0v) is 15.0. The van der Waals surface area contributed by atoms with Crippen molar-refractivity contribution < 1.29 is 4.79 Å². The molecule has 1 aliphatic heterocycles. The Hall–Kier alpha value is -2.43. The minimum Gasteiger partial charge on any atom is -0.352 e. The second kappa shape index (κ2) is 8.10. The van der Waals surface area contributed by atoms with Crippen LogP contribution in [0, 0.1) is 6.92 Å². The maximum Gasteiger partial charge on any atom is 0.271 e. The lowest BCUT2D eigenvalue weighted by Crippen LogP contribution is -2.39. The molecule has 1 saturated heterocycles. The van der Waals surface area contributed by atoms with Gasteiger partial charge >= 0.3 is 0 Å². The van der Waals surface area contributed by atoms with E-state index in [0.29, 0.717) is 18.3 Å². The van der Waals surface area contributed by atoms with E-state index in [1.54, 1.807) is 12.4 Å². The van der Waals surface area contributed by atoms with Crippen molar-refractivity contribution in [1.82, 2.24) is 15.3 Å². The number of rotatable bonds is 5.